The fourth-order valence-corrected chi connectivity index (χ4v) is 1.82. The van der Waals surface area contributed by atoms with Crippen LogP contribution in [0.4, 0.5) is 4.39 Å². The third-order valence-corrected chi connectivity index (χ3v) is 7.45. The summed E-state index contributed by atoms with van der Waals surface area (Å²) >= 11 is 0. The maximum Gasteiger partial charge on any atom is 0.338 e. The smallest absolute Gasteiger partial charge is 0.338 e. The Morgan fingerprint density at radius 2 is 1.93 bits per heavy atom. The van der Waals surface area contributed by atoms with Crippen LogP contribution in [0.15, 0.2) is 0 Å². The highest BCUT2D eigenvalue weighted by atomic mass is 28.4. The first-order chi connectivity index (χ1) is 6.58. The van der Waals surface area contributed by atoms with Gasteiger partial charge < -0.3 is 9.53 Å². The van der Waals surface area contributed by atoms with Crippen LogP contribution in [0.1, 0.15) is 27.2 Å². The van der Waals surface area contributed by atoms with Crippen LogP contribution in [-0.2, 0) is 9.22 Å². The second-order valence-electron chi connectivity index (χ2n) is 5.20. The Balaban J connectivity index is 4.01. The Morgan fingerprint density at radius 1 is 1.47 bits per heavy atom. The van der Waals surface area contributed by atoms with Crippen molar-refractivity contribution in [3.05, 3.63) is 0 Å². The third-order valence-electron chi connectivity index (χ3n) is 2.91. The predicted molar refractivity (Wildman–Crippen MR) is 60.3 cm³/mol. The van der Waals surface area contributed by atoms with E-state index in [4.69, 9.17) is 9.53 Å². The average Bonchev–Trinajstić information content (AvgIpc) is 2.01. The molecule has 90 valence electrons. The summed E-state index contributed by atoms with van der Waals surface area (Å²) in [6, 6.07) is 0. The molecular weight excluding hydrogens is 215 g/mol. The van der Waals surface area contributed by atoms with Gasteiger partial charge in [0.1, 0.15) is 0 Å². The van der Waals surface area contributed by atoms with Crippen molar-refractivity contribution >= 4 is 14.3 Å². The normalized spacial score (nSPS) is 15.1. The van der Waals surface area contributed by atoms with E-state index in [1.54, 1.807) is 0 Å². The molecule has 3 nitrogen and oxygen atoms in total. The number of carbonyl (C=O) groups is 1. The first kappa shape index (κ1) is 14.6. The van der Waals surface area contributed by atoms with Crippen molar-refractivity contribution in [3.8, 4) is 0 Å². The van der Waals surface area contributed by atoms with Gasteiger partial charge in [-0.1, -0.05) is 20.8 Å². The molecule has 0 fully saturated rings. The van der Waals surface area contributed by atoms with Gasteiger partial charge in [-0.15, -0.1) is 0 Å². The molecule has 1 atom stereocenters. The van der Waals surface area contributed by atoms with Crippen molar-refractivity contribution in [1.29, 1.82) is 0 Å². The van der Waals surface area contributed by atoms with Crippen LogP contribution in [0, 0.1) is 0 Å². The van der Waals surface area contributed by atoms with Crippen LogP contribution >= 0.6 is 0 Å². The molecule has 0 heterocycles. The van der Waals surface area contributed by atoms with E-state index in [2.05, 4.69) is 33.9 Å². The van der Waals surface area contributed by atoms with Crippen molar-refractivity contribution < 1.29 is 18.7 Å². The number of carboxylic acid groups (broad SMARTS) is 1. The lowest BCUT2D eigenvalue weighted by Crippen LogP contribution is -2.41. The van der Waals surface area contributed by atoms with Crippen LogP contribution in [-0.4, -0.2) is 32.2 Å². The summed E-state index contributed by atoms with van der Waals surface area (Å²) in [6.45, 7) is 10.6. The minimum absolute atomic E-state index is 0.0676. The summed E-state index contributed by atoms with van der Waals surface area (Å²) in [5.74, 6) is -1.41. The lowest BCUT2D eigenvalue weighted by Gasteiger charge is -2.36. The summed E-state index contributed by atoms with van der Waals surface area (Å²) < 4.78 is 18.4. The number of rotatable bonds is 5. The zero-order valence-corrected chi connectivity index (χ0v) is 11.1. The molecule has 0 aromatic heterocycles. The van der Waals surface area contributed by atoms with E-state index in [0.717, 1.165) is 0 Å². The Hall–Kier alpha value is -0.423. The fourth-order valence-electron chi connectivity index (χ4n) is 0.758. The summed E-state index contributed by atoms with van der Waals surface area (Å²) in [7, 11) is -1.87. The quantitative estimate of drug-likeness (QED) is 0.747. The van der Waals surface area contributed by atoms with Gasteiger partial charge in [-0.2, -0.15) is 0 Å². The molecule has 1 N–H and O–H groups in total. The molecule has 5 heteroatoms. The Labute approximate surface area is 91.8 Å². The first-order valence-electron chi connectivity index (χ1n) is 5.09. The molecule has 0 aliphatic heterocycles. The predicted octanol–water partition coefficient (Wildman–Crippen LogP) is 2.82. The van der Waals surface area contributed by atoms with Crippen molar-refractivity contribution in [2.24, 2.45) is 0 Å². The Morgan fingerprint density at radius 3 is 2.27 bits per heavy atom. The third kappa shape index (κ3) is 4.75. The molecule has 0 spiro atoms. The van der Waals surface area contributed by atoms with Crippen LogP contribution < -0.4 is 0 Å². The molecule has 15 heavy (non-hydrogen) atoms. The van der Waals surface area contributed by atoms with Gasteiger partial charge in [0, 0.05) is 13.0 Å². The van der Waals surface area contributed by atoms with E-state index in [0.29, 0.717) is 0 Å². The monoisotopic (exact) mass is 236 g/mol. The molecule has 1 unspecified atom stereocenters. The summed E-state index contributed by atoms with van der Waals surface area (Å²) in [6.07, 6.45) is -1.88. The van der Waals surface area contributed by atoms with Gasteiger partial charge in [-0.3, -0.25) is 0 Å². The largest absolute Gasteiger partial charge is 0.479 e. The van der Waals surface area contributed by atoms with Gasteiger partial charge >= 0.3 is 5.97 Å². The van der Waals surface area contributed by atoms with Crippen LogP contribution in [0.2, 0.25) is 18.1 Å². The highest BCUT2D eigenvalue weighted by molar-refractivity contribution is 6.74. The number of carboxylic acids is 1. The summed E-state index contributed by atoms with van der Waals surface area (Å²) in [5, 5.41) is 8.42. The zero-order chi connectivity index (χ0) is 12.3. The van der Waals surface area contributed by atoms with Gasteiger partial charge in [0.15, 0.2) is 14.5 Å². The zero-order valence-electron chi connectivity index (χ0n) is 10.1. The summed E-state index contributed by atoms with van der Waals surface area (Å²) in [4.78, 5) is 10.2. The highest BCUT2D eigenvalue weighted by Gasteiger charge is 2.37. The molecule has 0 aliphatic rings. The molecule has 0 bridgehead atoms. The van der Waals surface area contributed by atoms with E-state index in [1.807, 2.05) is 0 Å². The fraction of sp³-hybridized carbons (Fsp3) is 0.900. The SMILES string of the molecule is CC(C)(C)[Si](C)(C)OCCC(F)C(=O)O. The number of alkyl halides is 1. The van der Waals surface area contributed by atoms with Gasteiger partial charge in [-0.05, 0) is 18.1 Å². The van der Waals surface area contributed by atoms with Gasteiger partial charge in [0.2, 0.25) is 0 Å². The van der Waals surface area contributed by atoms with Crippen LogP contribution in [0.5, 0.6) is 0 Å². The maximum atomic E-state index is 12.7. The van der Waals surface area contributed by atoms with Crippen LogP contribution in [0.3, 0.4) is 0 Å². The van der Waals surface area contributed by atoms with Crippen molar-refractivity contribution in [1.82, 2.24) is 0 Å². The molecule has 0 aromatic rings. The average molecular weight is 236 g/mol. The van der Waals surface area contributed by atoms with Crippen molar-refractivity contribution in [2.75, 3.05) is 6.61 Å². The number of aliphatic carboxylic acids is 1. The van der Waals surface area contributed by atoms with E-state index in [9.17, 15) is 9.18 Å². The van der Waals surface area contributed by atoms with Gasteiger partial charge in [0.25, 0.3) is 0 Å². The molecule has 0 radical (unpaired) electrons. The lowest BCUT2D eigenvalue weighted by molar-refractivity contribution is -0.143. The number of hydrogen-bond acceptors (Lipinski definition) is 2. The first-order valence-corrected chi connectivity index (χ1v) is 7.99. The van der Waals surface area contributed by atoms with Gasteiger partial charge in [-0.25, -0.2) is 9.18 Å². The molecule has 0 saturated carbocycles. The highest BCUT2D eigenvalue weighted by Crippen LogP contribution is 2.36. The maximum absolute atomic E-state index is 12.7. The molecule has 0 amide bonds. The van der Waals surface area contributed by atoms with Crippen molar-refractivity contribution in [2.45, 2.75) is 51.5 Å². The van der Waals surface area contributed by atoms with Gasteiger partial charge in [0.05, 0.1) is 0 Å². The standard InChI is InChI=1S/C10H21FO3Si/c1-10(2,3)15(4,5)14-7-6-8(11)9(12)13/h8H,6-7H2,1-5H3,(H,12,13). The minimum Gasteiger partial charge on any atom is -0.479 e. The lowest BCUT2D eigenvalue weighted by atomic mass is 10.2. The topological polar surface area (TPSA) is 46.5 Å². The molecule has 0 rings (SSSR count). The van der Waals surface area contributed by atoms with Crippen molar-refractivity contribution in [3.63, 3.8) is 0 Å². The van der Waals surface area contributed by atoms with E-state index < -0.39 is 20.5 Å². The number of hydrogen-bond donors (Lipinski definition) is 1. The molecule has 0 aromatic carbocycles. The van der Waals surface area contributed by atoms with E-state index >= 15 is 0 Å². The number of halogens is 1. The minimum atomic E-state index is -1.87. The van der Waals surface area contributed by atoms with E-state index in [1.165, 1.54) is 0 Å². The second-order valence-corrected chi connectivity index (χ2v) is 10.0. The summed E-state index contributed by atoms with van der Waals surface area (Å²) in [5.41, 5.74) is 0. The molecule has 0 saturated heterocycles. The molecule has 0 aliphatic carbocycles. The second kappa shape index (κ2) is 5.07. The Kier molecular flexibility index (Phi) is 4.93. The Bertz CT molecular complexity index is 223. The van der Waals surface area contributed by atoms with Crippen LogP contribution in [0.25, 0.3) is 0 Å². The molecular formula is C10H21FO3Si. The van der Waals surface area contributed by atoms with E-state index in [-0.39, 0.29) is 18.1 Å².